The highest BCUT2D eigenvalue weighted by Crippen LogP contribution is 2.38. The molecule has 39 heteroatoms. The molecule has 0 radical (unpaired) electrons. The van der Waals surface area contributed by atoms with Gasteiger partial charge in [-0.05, 0) is 154 Å². The van der Waals surface area contributed by atoms with E-state index < -0.39 is 42.3 Å². The van der Waals surface area contributed by atoms with Crippen LogP contribution in [-0.4, -0.2) is 133 Å². The van der Waals surface area contributed by atoms with Crippen LogP contribution in [0, 0.1) is 18.3 Å². The van der Waals surface area contributed by atoms with Crippen molar-refractivity contribution < 1.29 is 68.2 Å². The number of carboxylic acids is 2. The molecule has 8 aromatic heterocycles. The summed E-state index contributed by atoms with van der Waals surface area (Å²) in [5.74, 6) is -1.69. The second kappa shape index (κ2) is 29.7. The lowest BCUT2D eigenvalue weighted by Crippen LogP contribution is -2.06. The number of rotatable bonds is 17. The molecule has 0 saturated heterocycles. The summed E-state index contributed by atoms with van der Waals surface area (Å²) in [7, 11) is -11.4. The number of azo groups is 4. The smallest absolute Gasteiger partial charge is 0.335 e. The minimum absolute atomic E-state index is 0.102. The van der Waals surface area contributed by atoms with E-state index in [9.17, 15) is 49.8 Å². The number of methoxy groups -OCH3 is 1. The third-order valence-corrected chi connectivity index (χ3v) is 18.3. The molecule has 544 valence electrons. The lowest BCUT2D eigenvalue weighted by atomic mass is 10.2. The van der Waals surface area contributed by atoms with Gasteiger partial charge in [0.05, 0.1) is 117 Å². The second-order valence-corrected chi connectivity index (χ2v) is 27.8. The van der Waals surface area contributed by atoms with E-state index in [0.29, 0.717) is 73.6 Å². The lowest BCUT2D eigenvalue weighted by Gasteiger charge is -2.07. The molecule has 16 rings (SSSR count). The van der Waals surface area contributed by atoms with Crippen LogP contribution in [0.3, 0.4) is 0 Å². The summed E-state index contributed by atoms with van der Waals surface area (Å²) in [4.78, 5) is 39.8. The predicted octanol–water partition coefficient (Wildman–Crippen LogP) is 15.2. The summed E-state index contributed by atoms with van der Waals surface area (Å²) in [6, 6.07) is 51.8. The van der Waals surface area contributed by atoms with E-state index in [1.807, 2.05) is 104 Å². The Bertz CT molecular complexity index is 6760. The molecule has 0 atom stereocenters. The number of aromatic amines is 4. The van der Waals surface area contributed by atoms with E-state index in [-0.39, 0.29) is 61.3 Å². The Morgan fingerprint density at radius 1 is 0.454 bits per heavy atom. The number of hydrogen-bond acceptors (Lipinski definition) is 23. The molecule has 36 nitrogen and oxygen atoms in total. The van der Waals surface area contributed by atoms with E-state index in [1.54, 1.807) is 37.8 Å². The average Bonchev–Trinajstić information content (AvgIpc) is 1.62. The summed E-state index contributed by atoms with van der Waals surface area (Å²) in [6.07, 6.45) is -0.105. The van der Waals surface area contributed by atoms with Crippen molar-refractivity contribution >= 4 is 155 Å². The highest BCUT2D eigenvalue weighted by atomic mass is 32.2. The minimum atomic E-state index is -4.34. The number of nitrogens with one attached hydrogen (secondary N) is 4. The molecule has 0 bridgehead atoms. The topological polar surface area (TPSA) is 511 Å². The minimum Gasteiger partial charge on any atom is -0.478 e. The number of fused-ring (bicyclic) bond motifs is 12. The zero-order chi connectivity index (χ0) is 76.3. The van der Waals surface area contributed by atoms with Crippen LogP contribution in [0.1, 0.15) is 51.6 Å². The number of carbonyl (C=O) groups is 2. The first kappa shape index (κ1) is 72.5. The zero-order valence-electron chi connectivity index (χ0n) is 56.3. The first-order chi connectivity index (χ1) is 51.7. The summed E-state index contributed by atoms with van der Waals surface area (Å²) >= 11 is 0. The fraction of sp³-hybridized carbons (Fsp3) is 0.0870. The molecule has 0 aliphatic carbocycles. The summed E-state index contributed by atoms with van der Waals surface area (Å²) < 4.78 is 112. The molecule has 0 aliphatic heterocycles. The number of aromatic nitrogens is 12. The van der Waals surface area contributed by atoms with Crippen LogP contribution in [0.15, 0.2) is 244 Å². The van der Waals surface area contributed by atoms with Gasteiger partial charge in [-0.1, -0.05) is 54.6 Å². The van der Waals surface area contributed by atoms with Gasteiger partial charge in [-0.15, -0.1) is 20.5 Å². The van der Waals surface area contributed by atoms with E-state index in [0.717, 1.165) is 38.8 Å². The van der Waals surface area contributed by atoms with Crippen molar-refractivity contribution in [2.45, 2.75) is 48.2 Å². The number of nitriles is 1. The van der Waals surface area contributed by atoms with Crippen molar-refractivity contribution in [2.24, 2.45) is 40.9 Å². The van der Waals surface area contributed by atoms with Crippen LogP contribution in [0.4, 0.5) is 45.5 Å². The molecule has 0 fully saturated rings. The molecule has 108 heavy (non-hydrogen) atoms. The average molecular weight is 1510 g/mol. The number of carboxylic acid groups (broad SMARTS) is 2. The predicted molar refractivity (Wildman–Crippen MR) is 390 cm³/mol. The van der Waals surface area contributed by atoms with Crippen molar-refractivity contribution in [3.8, 4) is 11.9 Å². The van der Waals surface area contributed by atoms with Crippen molar-refractivity contribution in [2.75, 3.05) is 7.11 Å². The van der Waals surface area contributed by atoms with Gasteiger partial charge in [0.15, 0.2) is 51.0 Å². The molecule has 0 spiro atoms. The van der Waals surface area contributed by atoms with E-state index in [2.05, 4.69) is 81.2 Å². The van der Waals surface area contributed by atoms with E-state index in [4.69, 9.17) is 23.7 Å². The van der Waals surface area contributed by atoms with Crippen LogP contribution in [0.5, 0.6) is 5.88 Å². The Balaban J connectivity index is 0.000000127. The Kier molecular flexibility index (Phi) is 19.9. The number of H-pyrrole nitrogens is 4. The monoisotopic (exact) mass is 1510 g/mol. The van der Waals surface area contributed by atoms with Gasteiger partial charge in [-0.25, -0.2) is 47.6 Å². The number of aryl methyl sites for hydroxylation is 1. The summed E-state index contributed by atoms with van der Waals surface area (Å²) in [5.41, 5.74) is 13.0. The molecular weight excluding hydrogens is 1460 g/mol. The normalized spacial score (nSPS) is 12.2. The Morgan fingerprint density at radius 2 is 0.880 bits per heavy atom. The van der Waals surface area contributed by atoms with Gasteiger partial charge in [0, 0.05) is 7.11 Å². The molecule has 9 N–H and O–H groups in total. The summed E-state index contributed by atoms with van der Waals surface area (Å²) in [6.45, 7) is 5.85. The molecule has 0 saturated carbocycles. The lowest BCUT2D eigenvalue weighted by molar-refractivity contribution is 0.0686. The number of ether oxygens (including phenoxy) is 2. The first-order valence-electron chi connectivity index (χ1n) is 31.7. The third kappa shape index (κ3) is 15.4. The van der Waals surface area contributed by atoms with Crippen molar-refractivity contribution in [3.05, 3.63) is 216 Å². The van der Waals surface area contributed by atoms with Gasteiger partial charge in [0.25, 0.3) is 30.4 Å². The van der Waals surface area contributed by atoms with Crippen molar-refractivity contribution in [1.82, 2.24) is 58.4 Å². The quantitative estimate of drug-likeness (QED) is 0.0302. The number of hydrogen-bond donors (Lipinski definition) is 9. The molecular formula is C69H55N21O15S3. The van der Waals surface area contributed by atoms with Gasteiger partial charge >= 0.3 is 11.9 Å². The molecule has 8 aromatic carbocycles. The van der Waals surface area contributed by atoms with Crippen LogP contribution in [0.2, 0.25) is 0 Å². The molecule has 8 heterocycles. The Hall–Kier alpha value is -13.9. The van der Waals surface area contributed by atoms with Crippen LogP contribution < -0.4 is 4.74 Å². The van der Waals surface area contributed by atoms with E-state index in [1.165, 1.54) is 98.1 Å². The maximum atomic E-state index is 11.3. The molecule has 16 aromatic rings. The van der Waals surface area contributed by atoms with Gasteiger partial charge < -0.3 is 19.7 Å². The highest BCUT2D eigenvalue weighted by molar-refractivity contribution is 7.86. The third-order valence-electron chi connectivity index (χ3n) is 15.8. The van der Waals surface area contributed by atoms with Crippen molar-refractivity contribution in [1.29, 1.82) is 5.26 Å². The zero-order valence-corrected chi connectivity index (χ0v) is 58.8. The summed E-state index contributed by atoms with van der Waals surface area (Å²) in [5, 5.41) is 73.2. The van der Waals surface area contributed by atoms with Crippen LogP contribution in [0.25, 0.3) is 66.7 Å². The number of benzene rings is 8. The van der Waals surface area contributed by atoms with Gasteiger partial charge in [0.1, 0.15) is 6.07 Å². The Labute approximate surface area is 607 Å². The van der Waals surface area contributed by atoms with Gasteiger partial charge in [0.2, 0.25) is 5.88 Å². The first-order valence-corrected chi connectivity index (χ1v) is 36.0. The fourth-order valence-corrected chi connectivity index (χ4v) is 12.4. The SMILES string of the molecule is CC(C)Oc1[nH]n2c(nc3ccccc32)c1N=Nc1cccc(S(=O)(=O)O)c1.COCc1[nH]n2c(nc3ccc(C(=O)O)cc32)c1N=Nc1cccc(C(=O)O)c1.Cc1[nH]n2c(nc3ccccc32)c1N=Nc1ccc(S(=O)(=O)O)cc1.N#Cc1[nH]n2c(nc3ccccc32)c1N=Nc1cccc(S(=O)(=O)O)c1. The number of para-hydroxylation sites is 6. The van der Waals surface area contributed by atoms with Crippen LogP contribution in [-0.2, 0) is 41.7 Å². The number of nitrogens with zero attached hydrogens (tertiary/aromatic N) is 17. The number of aromatic carboxylic acids is 2. The maximum absolute atomic E-state index is 11.3. The highest BCUT2D eigenvalue weighted by Gasteiger charge is 2.23. The molecule has 0 aliphatic rings. The van der Waals surface area contributed by atoms with Crippen molar-refractivity contribution in [3.63, 3.8) is 0 Å². The fourth-order valence-electron chi connectivity index (χ4n) is 10.9. The second-order valence-electron chi connectivity index (χ2n) is 23.5. The van der Waals surface area contributed by atoms with E-state index >= 15 is 0 Å². The molecule has 0 amide bonds. The molecule has 0 unspecified atom stereocenters. The standard InChI is InChI=1S/C19H15N5O5.C18H17N5O4S.C16H10N6O3S.C16H13N5O3S/c1-29-9-14-16(22-21-12-4-2-3-10(7-12)18(25)26)17-20-13-6-5-11(19(27)28)8-15(13)24(17)23-14;1-11(2)27-18-16(17-19-14-8-3-4-9-15(14)23(17)22-18)21-20-12-6-5-7-13(10-12)28(24,25)26;17-9-13-15(16-18-12-6-1-2-7-14(12)22(16)21-13)20-19-10-4-3-5-11(8-10)26(23,24)25;1-10-15(16-17-13-4-2-3-5-14(13)21(16)20-10)19-18-11-6-8-12(9-7-11)25(22,23)24/h2-8,23H,9H2,1H3,(H,25,26)(H,27,28);3-11,22H,1-2H3,(H,24,25,26);1-8,21H,(H,23,24,25);2-9,20H,1H3,(H,22,23,24). The van der Waals surface area contributed by atoms with Gasteiger partial charge in [-0.2, -0.15) is 51.0 Å². The number of imidazole rings is 4. The maximum Gasteiger partial charge on any atom is 0.335 e. The van der Waals surface area contributed by atoms with Crippen LogP contribution >= 0.6 is 0 Å². The largest absolute Gasteiger partial charge is 0.478 e. The Morgan fingerprint density at radius 3 is 1.40 bits per heavy atom. The van der Waals surface area contributed by atoms with Gasteiger partial charge in [-0.3, -0.25) is 34.1 Å².